The molecule has 0 amide bonds. The van der Waals surface area contributed by atoms with Crippen molar-refractivity contribution in [2.45, 2.75) is 31.7 Å². The van der Waals surface area contributed by atoms with E-state index >= 15 is 0 Å². The highest BCUT2D eigenvalue weighted by Gasteiger charge is 2.31. The molecule has 0 unspecified atom stereocenters. The average molecular weight is 221 g/mol. The van der Waals surface area contributed by atoms with Gasteiger partial charge < -0.3 is 10.1 Å². The summed E-state index contributed by atoms with van der Waals surface area (Å²) in [6, 6.07) is 1.76. The van der Waals surface area contributed by atoms with Gasteiger partial charge in [0.05, 0.1) is 7.11 Å². The van der Waals surface area contributed by atoms with Crippen LogP contribution in [0, 0.1) is 0 Å². The Morgan fingerprint density at radius 2 is 2.31 bits per heavy atom. The first-order valence-electron chi connectivity index (χ1n) is 5.32. The van der Waals surface area contributed by atoms with Crippen LogP contribution >= 0.6 is 0 Å². The summed E-state index contributed by atoms with van der Waals surface area (Å²) in [5.74, 6) is 0.260. The molecule has 1 fully saturated rings. The Labute approximate surface area is 94.2 Å². The van der Waals surface area contributed by atoms with Gasteiger partial charge in [0.15, 0.2) is 0 Å². The number of nitrogens with one attached hydrogen (secondary N) is 1. The van der Waals surface area contributed by atoms with E-state index in [2.05, 4.69) is 26.9 Å². The van der Waals surface area contributed by atoms with Crippen LogP contribution in [-0.2, 0) is 4.74 Å². The monoisotopic (exact) mass is 221 g/mol. The van der Waals surface area contributed by atoms with Crippen LogP contribution in [0.1, 0.15) is 36.8 Å². The summed E-state index contributed by atoms with van der Waals surface area (Å²) in [6.45, 7) is 2.15. The summed E-state index contributed by atoms with van der Waals surface area (Å²) in [5.41, 5.74) is 0.113. The number of esters is 1. The third kappa shape index (κ3) is 2.13. The molecule has 5 nitrogen and oxygen atoms in total. The zero-order valence-corrected chi connectivity index (χ0v) is 9.49. The van der Waals surface area contributed by atoms with Gasteiger partial charge >= 0.3 is 5.97 Å². The van der Waals surface area contributed by atoms with Crippen molar-refractivity contribution >= 4 is 11.8 Å². The Kier molecular flexibility index (Phi) is 2.77. The Morgan fingerprint density at radius 3 is 2.88 bits per heavy atom. The highest BCUT2D eigenvalue weighted by molar-refractivity contribution is 5.85. The molecular weight excluding hydrogens is 206 g/mol. The van der Waals surface area contributed by atoms with Crippen molar-refractivity contribution in [2.24, 2.45) is 0 Å². The fourth-order valence-electron chi connectivity index (χ4n) is 1.76. The lowest BCUT2D eigenvalue weighted by Crippen LogP contribution is -2.42. The van der Waals surface area contributed by atoms with Crippen LogP contribution in [0.15, 0.2) is 12.3 Å². The van der Waals surface area contributed by atoms with E-state index in [0.717, 1.165) is 12.8 Å². The van der Waals surface area contributed by atoms with E-state index in [1.54, 1.807) is 12.3 Å². The van der Waals surface area contributed by atoms with Crippen LogP contribution in [0.4, 0.5) is 5.82 Å². The molecule has 1 N–H and O–H groups in total. The second-order valence-corrected chi connectivity index (χ2v) is 4.30. The van der Waals surface area contributed by atoms with E-state index in [9.17, 15) is 4.79 Å². The number of aromatic nitrogens is 2. The van der Waals surface area contributed by atoms with Gasteiger partial charge in [0, 0.05) is 11.7 Å². The molecule has 1 heterocycles. The number of carbonyl (C=O) groups is 1. The molecule has 0 atom stereocenters. The van der Waals surface area contributed by atoms with E-state index in [0.29, 0.717) is 5.82 Å². The summed E-state index contributed by atoms with van der Waals surface area (Å²) in [4.78, 5) is 19.2. The van der Waals surface area contributed by atoms with Crippen molar-refractivity contribution in [3.05, 3.63) is 18.1 Å². The quantitative estimate of drug-likeness (QED) is 0.786. The van der Waals surface area contributed by atoms with Gasteiger partial charge in [0.2, 0.25) is 5.82 Å². The number of methoxy groups -OCH3 is 1. The minimum Gasteiger partial charge on any atom is -0.463 e. The summed E-state index contributed by atoms with van der Waals surface area (Å²) < 4.78 is 4.57. The van der Waals surface area contributed by atoms with E-state index in [4.69, 9.17) is 0 Å². The molecule has 1 saturated carbocycles. The predicted octanol–water partition coefficient (Wildman–Crippen LogP) is 1.62. The maximum absolute atomic E-state index is 11.2. The second kappa shape index (κ2) is 4.08. The molecular formula is C11H15N3O2. The molecule has 86 valence electrons. The lowest BCUT2D eigenvalue weighted by molar-refractivity contribution is 0.0586. The standard InChI is InChI=1S/C11H15N3O2/c1-11(5-3-6-11)14-8-4-7-12-9(13-8)10(15)16-2/h4,7H,3,5-6H2,1-2H3,(H,12,13,14). The SMILES string of the molecule is COC(=O)c1nccc(NC2(C)CCC2)n1. The molecule has 0 aliphatic heterocycles. The van der Waals surface area contributed by atoms with Gasteiger partial charge in [-0.3, -0.25) is 0 Å². The third-order valence-corrected chi connectivity index (χ3v) is 2.91. The fourth-order valence-corrected chi connectivity index (χ4v) is 1.76. The number of carbonyl (C=O) groups excluding carboxylic acids is 1. The van der Waals surface area contributed by atoms with Gasteiger partial charge in [-0.05, 0) is 32.3 Å². The molecule has 0 bridgehead atoms. The minimum atomic E-state index is -0.512. The van der Waals surface area contributed by atoms with Gasteiger partial charge in [-0.25, -0.2) is 14.8 Å². The van der Waals surface area contributed by atoms with Crippen LogP contribution in [0.2, 0.25) is 0 Å². The Hall–Kier alpha value is -1.65. The molecule has 1 aromatic rings. The molecule has 0 saturated heterocycles. The van der Waals surface area contributed by atoms with Crippen molar-refractivity contribution in [1.82, 2.24) is 9.97 Å². The zero-order chi connectivity index (χ0) is 11.6. The van der Waals surface area contributed by atoms with Crippen molar-refractivity contribution in [1.29, 1.82) is 0 Å². The number of ether oxygens (including phenoxy) is 1. The van der Waals surface area contributed by atoms with Crippen molar-refractivity contribution in [3.63, 3.8) is 0 Å². The second-order valence-electron chi connectivity index (χ2n) is 4.30. The Bertz CT molecular complexity index is 402. The lowest BCUT2D eigenvalue weighted by Gasteiger charge is -2.39. The predicted molar refractivity (Wildman–Crippen MR) is 59.3 cm³/mol. The first-order valence-corrected chi connectivity index (χ1v) is 5.32. The molecule has 0 aromatic carbocycles. The Balaban J connectivity index is 2.12. The number of hydrogen-bond acceptors (Lipinski definition) is 5. The maximum Gasteiger partial charge on any atom is 0.376 e. The molecule has 1 aliphatic rings. The molecule has 0 spiro atoms. The summed E-state index contributed by atoms with van der Waals surface area (Å²) in [5, 5.41) is 3.32. The summed E-state index contributed by atoms with van der Waals surface area (Å²) in [6.07, 6.45) is 5.05. The maximum atomic E-state index is 11.2. The van der Waals surface area contributed by atoms with Gasteiger partial charge in [0.1, 0.15) is 5.82 Å². The van der Waals surface area contributed by atoms with Crippen molar-refractivity contribution < 1.29 is 9.53 Å². The van der Waals surface area contributed by atoms with E-state index in [1.807, 2.05) is 0 Å². The molecule has 2 rings (SSSR count). The van der Waals surface area contributed by atoms with Crippen LogP contribution < -0.4 is 5.32 Å². The van der Waals surface area contributed by atoms with Crippen LogP contribution in [0.5, 0.6) is 0 Å². The number of anilines is 1. The highest BCUT2D eigenvalue weighted by atomic mass is 16.5. The van der Waals surface area contributed by atoms with E-state index < -0.39 is 5.97 Å². The number of rotatable bonds is 3. The van der Waals surface area contributed by atoms with E-state index in [1.165, 1.54) is 13.5 Å². The molecule has 1 aliphatic carbocycles. The van der Waals surface area contributed by atoms with Gasteiger partial charge in [0.25, 0.3) is 0 Å². The van der Waals surface area contributed by atoms with Gasteiger partial charge in [-0.2, -0.15) is 0 Å². The smallest absolute Gasteiger partial charge is 0.376 e. The number of nitrogens with zero attached hydrogens (tertiary/aromatic N) is 2. The summed E-state index contributed by atoms with van der Waals surface area (Å²) >= 11 is 0. The molecule has 0 radical (unpaired) electrons. The van der Waals surface area contributed by atoms with Crippen LogP contribution in [0.25, 0.3) is 0 Å². The minimum absolute atomic E-state index is 0.0930. The highest BCUT2D eigenvalue weighted by Crippen LogP contribution is 2.33. The van der Waals surface area contributed by atoms with Crippen molar-refractivity contribution in [2.75, 3.05) is 12.4 Å². The fraction of sp³-hybridized carbons (Fsp3) is 0.545. The average Bonchev–Trinajstić information content (AvgIpc) is 2.26. The third-order valence-electron chi connectivity index (χ3n) is 2.91. The molecule has 1 aromatic heterocycles. The van der Waals surface area contributed by atoms with Crippen LogP contribution in [0.3, 0.4) is 0 Å². The lowest BCUT2D eigenvalue weighted by atomic mass is 9.78. The Morgan fingerprint density at radius 1 is 1.56 bits per heavy atom. The number of hydrogen-bond donors (Lipinski definition) is 1. The largest absolute Gasteiger partial charge is 0.463 e. The van der Waals surface area contributed by atoms with Gasteiger partial charge in [-0.1, -0.05) is 0 Å². The molecule has 16 heavy (non-hydrogen) atoms. The normalized spacial score (nSPS) is 17.4. The van der Waals surface area contributed by atoms with E-state index in [-0.39, 0.29) is 11.4 Å². The zero-order valence-electron chi connectivity index (χ0n) is 9.49. The molecule has 5 heteroatoms. The first-order chi connectivity index (χ1) is 7.63. The van der Waals surface area contributed by atoms with Crippen molar-refractivity contribution in [3.8, 4) is 0 Å². The van der Waals surface area contributed by atoms with Crippen LogP contribution in [-0.4, -0.2) is 28.6 Å². The first kappa shape index (κ1) is 10.9. The topological polar surface area (TPSA) is 64.1 Å². The summed E-state index contributed by atoms with van der Waals surface area (Å²) in [7, 11) is 1.32. The van der Waals surface area contributed by atoms with Gasteiger partial charge in [-0.15, -0.1) is 0 Å².